The molecule has 0 radical (unpaired) electrons. The second-order valence-corrected chi connectivity index (χ2v) is 6.99. The van der Waals surface area contributed by atoms with E-state index in [0.29, 0.717) is 24.2 Å². The number of hydrogen-bond acceptors (Lipinski definition) is 6. The highest BCUT2D eigenvalue weighted by molar-refractivity contribution is 7.14. The fourth-order valence-corrected chi connectivity index (χ4v) is 3.88. The maximum Gasteiger partial charge on any atom is 0.261 e. The molecule has 7 nitrogen and oxygen atoms in total. The molecule has 1 saturated heterocycles. The van der Waals surface area contributed by atoms with E-state index < -0.39 is 0 Å². The van der Waals surface area contributed by atoms with Gasteiger partial charge in [-0.25, -0.2) is 4.98 Å². The van der Waals surface area contributed by atoms with Crippen LogP contribution in [0.5, 0.6) is 0 Å². The van der Waals surface area contributed by atoms with Gasteiger partial charge in [-0.05, 0) is 43.7 Å². The monoisotopic (exact) mass is 354 g/mol. The van der Waals surface area contributed by atoms with Crippen molar-refractivity contribution < 1.29 is 4.79 Å². The number of nitrogens with one attached hydrogen (secondary N) is 3. The number of carbonyl (C=O) groups is 1. The van der Waals surface area contributed by atoms with Gasteiger partial charge in [0, 0.05) is 28.9 Å². The van der Waals surface area contributed by atoms with Crippen molar-refractivity contribution in [1.82, 2.24) is 30.8 Å². The van der Waals surface area contributed by atoms with Gasteiger partial charge in [-0.2, -0.15) is 5.10 Å². The van der Waals surface area contributed by atoms with Gasteiger partial charge in [0.25, 0.3) is 5.91 Å². The highest BCUT2D eigenvalue weighted by atomic mass is 32.1. The number of thiophene rings is 1. The number of rotatable bonds is 5. The van der Waals surface area contributed by atoms with Crippen LogP contribution in [-0.2, 0) is 6.54 Å². The molecule has 1 fully saturated rings. The van der Waals surface area contributed by atoms with Crippen molar-refractivity contribution in [1.29, 1.82) is 0 Å². The molecule has 3 aromatic heterocycles. The van der Waals surface area contributed by atoms with E-state index in [0.717, 1.165) is 23.4 Å². The number of amides is 1. The second-order valence-electron chi connectivity index (χ2n) is 5.88. The fraction of sp³-hybridized carbons (Fsp3) is 0.294. The summed E-state index contributed by atoms with van der Waals surface area (Å²) in [4.78, 5) is 22.6. The highest BCUT2D eigenvalue weighted by Gasteiger charge is 2.19. The van der Waals surface area contributed by atoms with Crippen molar-refractivity contribution in [2.24, 2.45) is 0 Å². The van der Waals surface area contributed by atoms with Crippen molar-refractivity contribution in [3.8, 4) is 11.4 Å². The molecule has 0 bridgehead atoms. The molecule has 1 aliphatic heterocycles. The van der Waals surface area contributed by atoms with Crippen LogP contribution >= 0.6 is 11.3 Å². The average Bonchev–Trinajstić information content (AvgIpc) is 3.41. The highest BCUT2D eigenvalue weighted by Crippen LogP contribution is 2.29. The van der Waals surface area contributed by atoms with Gasteiger partial charge in [-0.15, -0.1) is 11.3 Å². The minimum atomic E-state index is -0.0869. The summed E-state index contributed by atoms with van der Waals surface area (Å²) < 4.78 is 0. The summed E-state index contributed by atoms with van der Waals surface area (Å²) in [5.41, 5.74) is 0.885. The molecule has 25 heavy (non-hydrogen) atoms. The minimum Gasteiger partial charge on any atom is -0.344 e. The molecule has 4 heterocycles. The molecule has 0 unspecified atom stereocenters. The van der Waals surface area contributed by atoms with Crippen molar-refractivity contribution in [2.75, 3.05) is 6.54 Å². The Balaban J connectivity index is 1.37. The Bertz CT molecular complexity index is 853. The lowest BCUT2D eigenvalue weighted by Gasteiger charge is -2.06. The summed E-state index contributed by atoms with van der Waals surface area (Å²) >= 11 is 1.55. The number of aromatic amines is 1. The first-order valence-corrected chi connectivity index (χ1v) is 9.04. The molecule has 3 aromatic rings. The normalized spacial score (nSPS) is 16.9. The molecule has 0 aliphatic carbocycles. The number of nitrogens with zero attached hydrogens (tertiary/aromatic N) is 3. The van der Waals surface area contributed by atoms with E-state index >= 15 is 0 Å². The van der Waals surface area contributed by atoms with E-state index in [2.05, 4.69) is 30.8 Å². The molecular weight excluding hydrogens is 336 g/mol. The van der Waals surface area contributed by atoms with Crippen LogP contribution in [0.4, 0.5) is 0 Å². The first kappa shape index (κ1) is 15.9. The van der Waals surface area contributed by atoms with Crippen LogP contribution in [0.2, 0.25) is 0 Å². The van der Waals surface area contributed by atoms with Crippen LogP contribution < -0.4 is 10.6 Å². The van der Waals surface area contributed by atoms with E-state index in [-0.39, 0.29) is 5.91 Å². The van der Waals surface area contributed by atoms with E-state index in [1.54, 1.807) is 23.7 Å². The minimum absolute atomic E-state index is 0.0869. The Morgan fingerprint density at radius 3 is 2.96 bits per heavy atom. The number of pyridine rings is 1. The van der Waals surface area contributed by atoms with E-state index in [9.17, 15) is 4.79 Å². The van der Waals surface area contributed by atoms with Crippen LogP contribution in [0, 0.1) is 0 Å². The standard InChI is InChI=1S/C17H18N6OS/c24-17(14-4-3-13(25-14)12-2-1-7-19-12)20-10-15-21-16(23-22-15)11-5-8-18-9-6-11/h3-6,8-9,12,19H,1-2,7,10H2,(H,20,24)(H,21,22,23)/t12-/m1/s1. The summed E-state index contributed by atoms with van der Waals surface area (Å²) in [6, 6.07) is 8.01. The van der Waals surface area contributed by atoms with Gasteiger partial charge >= 0.3 is 0 Å². The van der Waals surface area contributed by atoms with Gasteiger partial charge < -0.3 is 10.6 Å². The fourth-order valence-electron chi connectivity index (χ4n) is 2.85. The van der Waals surface area contributed by atoms with Crippen LogP contribution in [0.25, 0.3) is 11.4 Å². The molecule has 0 spiro atoms. The predicted molar refractivity (Wildman–Crippen MR) is 95.1 cm³/mol. The third-order valence-electron chi connectivity index (χ3n) is 4.14. The van der Waals surface area contributed by atoms with Crippen molar-refractivity contribution >= 4 is 17.2 Å². The van der Waals surface area contributed by atoms with Crippen molar-refractivity contribution in [3.63, 3.8) is 0 Å². The summed E-state index contributed by atoms with van der Waals surface area (Å²) in [5.74, 6) is 1.13. The summed E-state index contributed by atoms with van der Waals surface area (Å²) in [7, 11) is 0. The first-order valence-electron chi connectivity index (χ1n) is 8.22. The SMILES string of the molecule is O=C(NCc1nc(-c2ccncc2)n[nH]1)c1ccc([C@H]2CCCN2)s1. The van der Waals surface area contributed by atoms with Gasteiger partial charge in [0.15, 0.2) is 5.82 Å². The quantitative estimate of drug-likeness (QED) is 0.653. The molecule has 1 atom stereocenters. The summed E-state index contributed by atoms with van der Waals surface area (Å²) in [5, 5.41) is 13.4. The molecule has 4 rings (SSSR count). The first-order chi connectivity index (χ1) is 12.3. The number of carbonyl (C=O) groups excluding carboxylic acids is 1. The van der Waals surface area contributed by atoms with Crippen LogP contribution in [0.3, 0.4) is 0 Å². The van der Waals surface area contributed by atoms with Crippen molar-refractivity contribution in [3.05, 3.63) is 52.2 Å². The Kier molecular flexibility index (Phi) is 4.53. The van der Waals surface area contributed by atoms with E-state index in [1.165, 1.54) is 11.3 Å². The second kappa shape index (κ2) is 7.12. The van der Waals surface area contributed by atoms with Crippen LogP contribution in [0.15, 0.2) is 36.7 Å². The lowest BCUT2D eigenvalue weighted by atomic mass is 10.2. The average molecular weight is 354 g/mol. The Morgan fingerprint density at radius 1 is 1.28 bits per heavy atom. The van der Waals surface area contributed by atoms with Gasteiger partial charge in [-0.1, -0.05) is 0 Å². The van der Waals surface area contributed by atoms with Gasteiger partial charge in [0.2, 0.25) is 0 Å². The lowest BCUT2D eigenvalue weighted by molar-refractivity contribution is 0.0954. The zero-order valence-electron chi connectivity index (χ0n) is 13.5. The largest absolute Gasteiger partial charge is 0.344 e. The van der Waals surface area contributed by atoms with E-state index in [4.69, 9.17) is 0 Å². The zero-order chi connectivity index (χ0) is 17.1. The van der Waals surface area contributed by atoms with Gasteiger partial charge in [0.05, 0.1) is 11.4 Å². The Hall–Kier alpha value is -2.58. The number of aromatic nitrogens is 4. The maximum atomic E-state index is 12.3. The zero-order valence-corrected chi connectivity index (χ0v) is 14.3. The number of hydrogen-bond donors (Lipinski definition) is 3. The molecule has 1 aliphatic rings. The smallest absolute Gasteiger partial charge is 0.261 e. The molecule has 0 saturated carbocycles. The van der Waals surface area contributed by atoms with Crippen LogP contribution in [0.1, 0.15) is 39.3 Å². The summed E-state index contributed by atoms with van der Waals surface area (Å²) in [6.45, 7) is 1.36. The molecule has 0 aromatic carbocycles. The number of H-pyrrole nitrogens is 1. The predicted octanol–water partition coefficient (Wildman–Crippen LogP) is 2.28. The molecule has 3 N–H and O–H groups in total. The maximum absolute atomic E-state index is 12.3. The molecule has 128 valence electrons. The Morgan fingerprint density at radius 2 is 2.16 bits per heavy atom. The Labute approximate surface area is 148 Å². The van der Waals surface area contributed by atoms with E-state index in [1.807, 2.05) is 24.3 Å². The molecular formula is C17H18N6OS. The molecule has 1 amide bonds. The summed E-state index contributed by atoms with van der Waals surface area (Å²) in [6.07, 6.45) is 5.72. The molecule has 8 heteroatoms. The topological polar surface area (TPSA) is 95.6 Å². The third-order valence-corrected chi connectivity index (χ3v) is 5.34. The van der Waals surface area contributed by atoms with Gasteiger partial charge in [-0.3, -0.25) is 14.9 Å². The third kappa shape index (κ3) is 3.59. The van der Waals surface area contributed by atoms with Gasteiger partial charge in [0.1, 0.15) is 5.82 Å². The van der Waals surface area contributed by atoms with Crippen LogP contribution in [-0.4, -0.2) is 32.6 Å². The lowest BCUT2D eigenvalue weighted by Crippen LogP contribution is -2.22. The van der Waals surface area contributed by atoms with Crippen molar-refractivity contribution in [2.45, 2.75) is 25.4 Å².